The smallest absolute Gasteiger partial charge is 0.407 e. The molecule has 0 saturated carbocycles. The summed E-state index contributed by atoms with van der Waals surface area (Å²) in [4.78, 5) is 25.5. The van der Waals surface area contributed by atoms with E-state index in [0.717, 1.165) is 16.7 Å². The van der Waals surface area contributed by atoms with Crippen molar-refractivity contribution in [2.75, 3.05) is 37.1 Å². The molecule has 8 heteroatoms. The number of benzene rings is 3. The van der Waals surface area contributed by atoms with Crippen LogP contribution in [0.3, 0.4) is 0 Å². The first kappa shape index (κ1) is 24.1. The molecule has 0 fully saturated rings. The second-order valence-corrected chi connectivity index (χ2v) is 11.9. The van der Waals surface area contributed by atoms with Gasteiger partial charge >= 0.3 is 6.09 Å². The molecule has 33 heavy (non-hydrogen) atoms. The molecule has 172 valence electrons. The maximum absolute atomic E-state index is 12.8. The number of carbonyl (C=O) groups is 2. The van der Waals surface area contributed by atoms with Gasteiger partial charge in [0.15, 0.2) is 0 Å². The number of carbonyl (C=O) groups excluding carboxylic acids is 1. The van der Waals surface area contributed by atoms with Gasteiger partial charge in [0, 0.05) is 24.8 Å². The van der Waals surface area contributed by atoms with E-state index in [1.165, 1.54) is 4.90 Å². The van der Waals surface area contributed by atoms with E-state index in [4.69, 9.17) is 5.73 Å². The Hall–Kier alpha value is -3.57. The van der Waals surface area contributed by atoms with Crippen LogP contribution in [0, 0.1) is 0 Å². The molecule has 0 heterocycles. The van der Waals surface area contributed by atoms with Gasteiger partial charge in [-0.3, -0.25) is 4.79 Å². The number of nitrogens with zero attached hydrogens (tertiary/aromatic N) is 1. The fraction of sp³-hybridized carbons (Fsp3) is 0.200. The predicted octanol–water partition coefficient (Wildman–Crippen LogP) is 5.29. The van der Waals surface area contributed by atoms with E-state index in [1.807, 2.05) is 42.5 Å². The molecule has 0 aliphatic carbocycles. The maximum atomic E-state index is 12.8. The molecule has 0 radical (unpaired) electrons. The molecular formula is C25H28N3O4P. The van der Waals surface area contributed by atoms with Crippen molar-refractivity contribution in [2.45, 2.75) is 6.54 Å². The van der Waals surface area contributed by atoms with E-state index in [9.17, 15) is 19.3 Å². The van der Waals surface area contributed by atoms with Gasteiger partial charge in [0.1, 0.15) is 0 Å². The van der Waals surface area contributed by atoms with Crippen molar-refractivity contribution in [1.29, 1.82) is 0 Å². The van der Waals surface area contributed by atoms with Crippen LogP contribution in [-0.4, -0.2) is 48.0 Å². The zero-order valence-electron chi connectivity index (χ0n) is 18.7. The van der Waals surface area contributed by atoms with Crippen molar-refractivity contribution in [3.05, 3.63) is 83.9 Å². The first-order valence-electron chi connectivity index (χ1n) is 10.5. The molecule has 4 N–H and O–H groups in total. The molecule has 0 aromatic heterocycles. The molecule has 3 aromatic carbocycles. The molecule has 0 saturated heterocycles. The number of amides is 2. The number of carboxylic acid groups (broad SMARTS) is 1. The molecule has 0 unspecified atom stereocenters. The van der Waals surface area contributed by atoms with E-state index >= 15 is 0 Å². The highest BCUT2D eigenvalue weighted by molar-refractivity contribution is 7.62. The van der Waals surface area contributed by atoms with Gasteiger partial charge in [-0.1, -0.05) is 48.5 Å². The predicted molar refractivity (Wildman–Crippen MR) is 133 cm³/mol. The highest BCUT2D eigenvalue weighted by Gasteiger charge is 2.17. The molecule has 7 nitrogen and oxygen atoms in total. The zero-order chi connectivity index (χ0) is 24.0. The average molecular weight is 465 g/mol. The summed E-state index contributed by atoms with van der Waals surface area (Å²) in [5.74, 6) is -0.313. The molecule has 0 aliphatic heterocycles. The molecule has 3 rings (SSSR count). The lowest BCUT2D eigenvalue weighted by atomic mass is 10.0. The summed E-state index contributed by atoms with van der Waals surface area (Å²) in [7, 11) is -2.31. The summed E-state index contributed by atoms with van der Waals surface area (Å²) >= 11 is 0. The van der Waals surface area contributed by atoms with E-state index in [0.29, 0.717) is 23.1 Å². The van der Waals surface area contributed by atoms with Crippen LogP contribution in [0.1, 0.15) is 15.9 Å². The first-order valence-corrected chi connectivity index (χ1v) is 13.3. The Labute approximate surface area is 193 Å². The third-order valence-corrected chi connectivity index (χ3v) is 6.45. The minimum atomic E-state index is -2.31. The molecule has 2 amide bonds. The highest BCUT2D eigenvalue weighted by Crippen LogP contribution is 2.35. The lowest BCUT2D eigenvalue weighted by Gasteiger charge is -2.20. The van der Waals surface area contributed by atoms with E-state index in [2.05, 4.69) is 5.32 Å². The van der Waals surface area contributed by atoms with Gasteiger partial charge in [-0.2, -0.15) is 0 Å². The van der Waals surface area contributed by atoms with E-state index < -0.39 is 13.2 Å². The van der Waals surface area contributed by atoms with Crippen LogP contribution in [0.25, 0.3) is 11.1 Å². The van der Waals surface area contributed by atoms with Gasteiger partial charge < -0.3 is 25.6 Å². The summed E-state index contributed by atoms with van der Waals surface area (Å²) in [5.41, 5.74) is 10.2. The second kappa shape index (κ2) is 10.4. The molecule has 0 atom stereocenters. The summed E-state index contributed by atoms with van der Waals surface area (Å²) in [6, 6.07) is 22.0. The van der Waals surface area contributed by atoms with Gasteiger partial charge in [0.25, 0.3) is 5.91 Å². The first-order chi connectivity index (χ1) is 15.6. The number of rotatable bonds is 8. The van der Waals surface area contributed by atoms with Crippen LogP contribution < -0.4 is 11.1 Å². The summed E-state index contributed by atoms with van der Waals surface area (Å²) < 4.78 is 11.9. The Kier molecular flexibility index (Phi) is 7.56. The highest BCUT2D eigenvalue weighted by atomic mass is 31.2. The van der Waals surface area contributed by atoms with Gasteiger partial charge in [-0.05, 0) is 54.3 Å². The van der Waals surface area contributed by atoms with Crippen LogP contribution in [-0.2, 0) is 11.1 Å². The van der Waals surface area contributed by atoms with Crippen LogP contribution >= 0.6 is 7.14 Å². The van der Waals surface area contributed by atoms with Gasteiger partial charge in [-0.25, -0.2) is 4.79 Å². The lowest BCUT2D eigenvalue weighted by molar-refractivity contribution is 0.102. The van der Waals surface area contributed by atoms with Gasteiger partial charge in [-0.15, -0.1) is 0 Å². The monoisotopic (exact) mass is 465 g/mol. The Bertz CT molecular complexity index is 1170. The fourth-order valence-corrected chi connectivity index (χ4v) is 3.98. The number of hydrogen-bond acceptors (Lipinski definition) is 4. The molecule has 0 spiro atoms. The largest absolute Gasteiger partial charge is 0.465 e. The minimum absolute atomic E-state index is 0.156. The summed E-state index contributed by atoms with van der Waals surface area (Å²) in [6.07, 6.45) is -0.748. The standard InChI is InChI=1S/C25H28N3O4P/c1-33(2,32)15-14-28(25(30)31)17-18-8-10-20(11-9-18)24(29)27-23-16-21(12-13-22(23)26)19-6-4-3-5-7-19/h3-13,16H,14-15,17,26H2,1-2H3,(H,27,29)(H,30,31). The number of hydrogen-bond donors (Lipinski definition) is 3. The number of anilines is 2. The van der Waals surface area contributed by atoms with Crippen LogP contribution in [0.5, 0.6) is 0 Å². The zero-order valence-corrected chi connectivity index (χ0v) is 19.6. The van der Waals surface area contributed by atoms with Crippen LogP contribution in [0.15, 0.2) is 72.8 Å². The van der Waals surface area contributed by atoms with Crippen molar-refractivity contribution in [2.24, 2.45) is 0 Å². The van der Waals surface area contributed by atoms with Crippen molar-refractivity contribution in [3.63, 3.8) is 0 Å². The minimum Gasteiger partial charge on any atom is -0.465 e. The number of nitrogens with one attached hydrogen (secondary N) is 1. The van der Waals surface area contributed by atoms with E-state index in [-0.39, 0.29) is 19.0 Å². The van der Waals surface area contributed by atoms with E-state index in [1.54, 1.807) is 43.7 Å². The SMILES string of the molecule is CP(C)(=O)CCN(Cc1ccc(C(=O)Nc2cc(-c3ccccc3)ccc2N)cc1)C(=O)O. The van der Waals surface area contributed by atoms with Crippen molar-refractivity contribution >= 4 is 30.5 Å². The molecule has 3 aromatic rings. The Morgan fingerprint density at radius 2 is 1.64 bits per heavy atom. The normalized spacial score (nSPS) is 11.1. The molecule has 0 aliphatic rings. The van der Waals surface area contributed by atoms with Crippen molar-refractivity contribution in [1.82, 2.24) is 4.90 Å². The maximum Gasteiger partial charge on any atom is 0.407 e. The second-order valence-electron chi connectivity index (χ2n) is 8.32. The topological polar surface area (TPSA) is 113 Å². The Morgan fingerprint density at radius 1 is 0.970 bits per heavy atom. The Morgan fingerprint density at radius 3 is 2.24 bits per heavy atom. The third-order valence-electron chi connectivity index (χ3n) is 5.18. The lowest BCUT2D eigenvalue weighted by Crippen LogP contribution is -2.31. The van der Waals surface area contributed by atoms with Crippen LogP contribution in [0.2, 0.25) is 0 Å². The van der Waals surface area contributed by atoms with Crippen LogP contribution in [0.4, 0.5) is 16.2 Å². The van der Waals surface area contributed by atoms with Crippen molar-refractivity contribution < 1.29 is 19.3 Å². The summed E-state index contributed by atoms with van der Waals surface area (Å²) in [6.45, 7) is 3.63. The molecule has 0 bridgehead atoms. The fourth-order valence-electron chi connectivity index (χ4n) is 3.25. The quantitative estimate of drug-likeness (QED) is 0.309. The van der Waals surface area contributed by atoms with Crippen molar-refractivity contribution in [3.8, 4) is 11.1 Å². The average Bonchev–Trinajstić information content (AvgIpc) is 2.78. The third kappa shape index (κ3) is 6.96. The van der Waals surface area contributed by atoms with Gasteiger partial charge in [0.2, 0.25) is 0 Å². The van der Waals surface area contributed by atoms with Gasteiger partial charge in [0.05, 0.1) is 18.5 Å². The summed E-state index contributed by atoms with van der Waals surface area (Å²) in [5, 5.41) is 12.3. The number of nitrogen functional groups attached to an aromatic ring is 1. The molecular weight excluding hydrogens is 437 g/mol. The Balaban J connectivity index is 1.69. The number of nitrogens with two attached hydrogens (primary N) is 1.